The molecule has 0 aliphatic rings. The number of hydrogen-bond acceptors (Lipinski definition) is 4. The van der Waals surface area contributed by atoms with Crippen molar-refractivity contribution in [3.63, 3.8) is 0 Å². The van der Waals surface area contributed by atoms with Crippen molar-refractivity contribution in [2.45, 2.75) is 59.2 Å². The molecule has 0 fully saturated rings. The standard InChI is InChI=1S/C16H24O4/c1-10-8-12(6-7-14(18)20-11(2)17)9-13(15(10)19)16(3,4)5/h8-9,11,17,19H,6-7H2,1-5H3. The van der Waals surface area contributed by atoms with Crippen LogP contribution in [0.4, 0.5) is 0 Å². The number of phenolic OH excluding ortho intramolecular Hbond substituents is 1. The zero-order chi connectivity index (χ0) is 15.5. The molecule has 0 saturated heterocycles. The van der Waals surface area contributed by atoms with E-state index in [0.717, 1.165) is 16.7 Å². The van der Waals surface area contributed by atoms with Crippen LogP contribution >= 0.6 is 0 Å². The fourth-order valence-electron chi connectivity index (χ4n) is 2.07. The van der Waals surface area contributed by atoms with Crippen LogP contribution in [0, 0.1) is 6.92 Å². The van der Waals surface area contributed by atoms with E-state index >= 15 is 0 Å². The third-order valence-electron chi connectivity index (χ3n) is 3.09. The molecule has 4 nitrogen and oxygen atoms in total. The lowest BCUT2D eigenvalue weighted by Gasteiger charge is -2.22. The highest BCUT2D eigenvalue weighted by Crippen LogP contribution is 2.34. The molecule has 0 heterocycles. The van der Waals surface area contributed by atoms with Gasteiger partial charge in [0.25, 0.3) is 0 Å². The molecule has 1 atom stereocenters. The summed E-state index contributed by atoms with van der Waals surface area (Å²) in [6.45, 7) is 9.36. The quantitative estimate of drug-likeness (QED) is 0.657. The third kappa shape index (κ3) is 4.53. The van der Waals surface area contributed by atoms with Gasteiger partial charge in [-0.05, 0) is 42.4 Å². The molecule has 0 aromatic heterocycles. The average Bonchev–Trinajstić information content (AvgIpc) is 2.28. The van der Waals surface area contributed by atoms with Crippen molar-refractivity contribution in [2.24, 2.45) is 0 Å². The fourth-order valence-corrected chi connectivity index (χ4v) is 2.07. The van der Waals surface area contributed by atoms with Crippen LogP contribution in [0.15, 0.2) is 12.1 Å². The second-order valence-corrected chi connectivity index (χ2v) is 6.15. The molecule has 1 rings (SSSR count). The molecular formula is C16H24O4. The first-order valence-corrected chi connectivity index (χ1v) is 6.81. The van der Waals surface area contributed by atoms with Crippen molar-refractivity contribution in [1.82, 2.24) is 0 Å². The minimum atomic E-state index is -1.07. The first kappa shape index (κ1) is 16.5. The van der Waals surface area contributed by atoms with Crippen LogP contribution in [0.1, 0.15) is 50.8 Å². The first-order chi connectivity index (χ1) is 9.11. The van der Waals surface area contributed by atoms with E-state index in [9.17, 15) is 9.90 Å². The SMILES string of the molecule is Cc1cc(CCC(=O)OC(C)O)cc(C(C)(C)C)c1O. The molecule has 112 valence electrons. The van der Waals surface area contributed by atoms with E-state index in [1.165, 1.54) is 6.92 Å². The minimum absolute atomic E-state index is 0.162. The Balaban J connectivity index is 2.87. The topological polar surface area (TPSA) is 66.8 Å². The summed E-state index contributed by atoms with van der Waals surface area (Å²) in [5.41, 5.74) is 2.49. The lowest BCUT2D eigenvalue weighted by Crippen LogP contribution is -2.15. The predicted octanol–water partition coefficient (Wildman–Crippen LogP) is 2.81. The Morgan fingerprint density at radius 2 is 1.95 bits per heavy atom. The molecule has 0 aliphatic heterocycles. The highest BCUT2D eigenvalue weighted by atomic mass is 16.6. The van der Waals surface area contributed by atoms with Gasteiger partial charge in [0.05, 0.1) is 0 Å². The molecule has 20 heavy (non-hydrogen) atoms. The highest BCUT2D eigenvalue weighted by Gasteiger charge is 2.20. The Morgan fingerprint density at radius 1 is 1.35 bits per heavy atom. The van der Waals surface area contributed by atoms with Crippen LogP contribution in [0.2, 0.25) is 0 Å². The minimum Gasteiger partial charge on any atom is -0.507 e. The molecular weight excluding hydrogens is 256 g/mol. The zero-order valence-corrected chi connectivity index (χ0v) is 12.9. The van der Waals surface area contributed by atoms with Gasteiger partial charge in [-0.2, -0.15) is 0 Å². The van der Waals surface area contributed by atoms with Crippen LogP contribution in [-0.2, 0) is 21.4 Å². The zero-order valence-electron chi connectivity index (χ0n) is 12.9. The molecule has 0 amide bonds. The Kier molecular flexibility index (Phi) is 5.17. The van der Waals surface area contributed by atoms with Crippen molar-refractivity contribution < 1.29 is 19.7 Å². The summed E-state index contributed by atoms with van der Waals surface area (Å²) < 4.78 is 4.69. The number of phenols is 1. The van der Waals surface area contributed by atoms with E-state index in [1.807, 2.05) is 39.8 Å². The van der Waals surface area contributed by atoms with Gasteiger partial charge < -0.3 is 14.9 Å². The van der Waals surface area contributed by atoms with Crippen molar-refractivity contribution in [2.75, 3.05) is 0 Å². The summed E-state index contributed by atoms with van der Waals surface area (Å²) in [6.07, 6.45) is -0.344. The van der Waals surface area contributed by atoms with Gasteiger partial charge in [-0.1, -0.05) is 32.9 Å². The Morgan fingerprint density at radius 3 is 2.45 bits per heavy atom. The number of carbonyl (C=O) groups is 1. The summed E-state index contributed by atoms with van der Waals surface area (Å²) in [6, 6.07) is 3.80. The molecule has 1 aromatic carbocycles. The maximum atomic E-state index is 11.4. The number of esters is 1. The van der Waals surface area contributed by atoms with Crippen molar-refractivity contribution in [1.29, 1.82) is 0 Å². The summed E-state index contributed by atoms with van der Waals surface area (Å²) in [4.78, 5) is 11.4. The van der Waals surface area contributed by atoms with Crippen LogP contribution < -0.4 is 0 Å². The number of aliphatic hydroxyl groups excluding tert-OH is 1. The number of ether oxygens (including phenoxy) is 1. The van der Waals surface area contributed by atoms with Crippen LogP contribution in [-0.4, -0.2) is 22.5 Å². The number of aliphatic hydroxyl groups is 1. The summed E-state index contributed by atoms with van der Waals surface area (Å²) in [5.74, 6) is -0.115. The molecule has 2 N–H and O–H groups in total. The highest BCUT2D eigenvalue weighted by molar-refractivity contribution is 5.69. The van der Waals surface area contributed by atoms with Crippen molar-refractivity contribution >= 4 is 5.97 Å². The largest absolute Gasteiger partial charge is 0.507 e. The lowest BCUT2D eigenvalue weighted by atomic mass is 9.83. The van der Waals surface area contributed by atoms with E-state index < -0.39 is 12.3 Å². The molecule has 0 saturated carbocycles. The van der Waals surface area contributed by atoms with E-state index in [-0.39, 0.29) is 11.8 Å². The molecule has 1 aromatic rings. The van der Waals surface area contributed by atoms with Crippen LogP contribution in [0.5, 0.6) is 5.75 Å². The average molecular weight is 280 g/mol. The van der Waals surface area contributed by atoms with Gasteiger partial charge in [0.2, 0.25) is 0 Å². The Labute approximate surface area is 120 Å². The van der Waals surface area contributed by atoms with E-state index in [4.69, 9.17) is 9.84 Å². The van der Waals surface area contributed by atoms with Gasteiger partial charge in [-0.15, -0.1) is 0 Å². The number of benzene rings is 1. The molecule has 0 radical (unpaired) electrons. The van der Waals surface area contributed by atoms with Crippen LogP contribution in [0.3, 0.4) is 0 Å². The third-order valence-corrected chi connectivity index (χ3v) is 3.09. The number of rotatable bonds is 4. The smallest absolute Gasteiger partial charge is 0.308 e. The number of aromatic hydroxyl groups is 1. The summed E-state index contributed by atoms with van der Waals surface area (Å²) >= 11 is 0. The van der Waals surface area contributed by atoms with Crippen LogP contribution in [0.25, 0.3) is 0 Å². The van der Waals surface area contributed by atoms with Gasteiger partial charge >= 0.3 is 5.97 Å². The Hall–Kier alpha value is -1.55. The van der Waals surface area contributed by atoms with Crippen molar-refractivity contribution in [3.05, 3.63) is 28.8 Å². The lowest BCUT2D eigenvalue weighted by molar-refractivity contribution is -0.164. The number of carbonyl (C=O) groups excluding carboxylic acids is 1. The normalized spacial score (nSPS) is 13.1. The summed E-state index contributed by atoms with van der Waals surface area (Å²) in [7, 11) is 0. The molecule has 4 heteroatoms. The molecule has 0 spiro atoms. The first-order valence-electron chi connectivity index (χ1n) is 6.81. The molecule has 0 bridgehead atoms. The van der Waals surface area contributed by atoms with E-state index in [2.05, 4.69) is 0 Å². The van der Waals surface area contributed by atoms with Gasteiger partial charge in [0, 0.05) is 6.42 Å². The second-order valence-electron chi connectivity index (χ2n) is 6.15. The van der Waals surface area contributed by atoms with Gasteiger partial charge in [-0.3, -0.25) is 4.79 Å². The van der Waals surface area contributed by atoms with Gasteiger partial charge in [-0.25, -0.2) is 0 Å². The molecule has 0 aliphatic carbocycles. The van der Waals surface area contributed by atoms with E-state index in [0.29, 0.717) is 12.2 Å². The maximum absolute atomic E-state index is 11.4. The number of aryl methyl sites for hydroxylation is 2. The monoisotopic (exact) mass is 280 g/mol. The molecule has 1 unspecified atom stereocenters. The van der Waals surface area contributed by atoms with Gasteiger partial charge in [0.1, 0.15) is 5.75 Å². The van der Waals surface area contributed by atoms with Gasteiger partial charge in [0.15, 0.2) is 6.29 Å². The fraction of sp³-hybridized carbons (Fsp3) is 0.562. The maximum Gasteiger partial charge on any atom is 0.308 e. The summed E-state index contributed by atoms with van der Waals surface area (Å²) in [5, 5.41) is 19.1. The predicted molar refractivity (Wildman–Crippen MR) is 77.6 cm³/mol. The number of hydrogen-bond donors (Lipinski definition) is 2. The van der Waals surface area contributed by atoms with E-state index in [1.54, 1.807) is 0 Å². The Bertz CT molecular complexity index is 484. The second kappa shape index (κ2) is 6.27. The van der Waals surface area contributed by atoms with Crippen molar-refractivity contribution in [3.8, 4) is 5.75 Å².